The van der Waals surface area contributed by atoms with Crippen LogP contribution in [0, 0.1) is 0 Å². The Morgan fingerprint density at radius 2 is 2.00 bits per heavy atom. The molecule has 3 N–H and O–H groups in total. The molecule has 0 aromatic heterocycles. The molecule has 2 unspecified atom stereocenters. The van der Waals surface area contributed by atoms with Gasteiger partial charge in [0.2, 0.25) is 5.91 Å². The van der Waals surface area contributed by atoms with E-state index in [-0.39, 0.29) is 19.0 Å². The number of carbonyl (C=O) groups is 1. The molecule has 0 spiro atoms. The summed E-state index contributed by atoms with van der Waals surface area (Å²) < 4.78 is 0. The normalized spacial score (nSPS) is 26.9. The van der Waals surface area contributed by atoms with Crippen molar-refractivity contribution in [2.45, 2.75) is 25.6 Å². The molecule has 82 valence electrons. The van der Waals surface area contributed by atoms with Crippen LogP contribution < -0.4 is 5.32 Å². The van der Waals surface area contributed by atoms with Gasteiger partial charge in [0.05, 0.1) is 12.2 Å². The monoisotopic (exact) mass is 202 g/mol. The standard InChI is InChI=1S/C9H18N2O3/c1-2-10-4-3-9(14)11-5-7(12)8(13)6-11/h7-8,10,12-13H,2-6H2,1H3. The number of aliphatic hydroxyl groups excluding tert-OH is 2. The number of rotatable bonds is 4. The van der Waals surface area contributed by atoms with E-state index in [0.29, 0.717) is 13.0 Å². The summed E-state index contributed by atoms with van der Waals surface area (Å²) in [6.45, 7) is 3.99. The summed E-state index contributed by atoms with van der Waals surface area (Å²) in [5.74, 6) is -0.0125. The van der Waals surface area contributed by atoms with Gasteiger partial charge in [-0.05, 0) is 6.54 Å². The number of β-amino-alcohol motifs (C(OH)–C–C–N with tert-alkyl or cyclic N) is 2. The summed E-state index contributed by atoms with van der Waals surface area (Å²) in [5, 5.41) is 21.5. The molecule has 1 aliphatic heterocycles. The molecule has 0 saturated carbocycles. The first-order valence-electron chi connectivity index (χ1n) is 4.99. The maximum atomic E-state index is 11.5. The van der Waals surface area contributed by atoms with Crippen LogP contribution in [0.1, 0.15) is 13.3 Å². The third-order valence-electron chi connectivity index (χ3n) is 2.38. The Labute approximate surface area is 83.7 Å². The van der Waals surface area contributed by atoms with Crippen LogP contribution in [0.4, 0.5) is 0 Å². The fourth-order valence-electron chi connectivity index (χ4n) is 1.50. The van der Waals surface area contributed by atoms with Crippen LogP contribution in [0.15, 0.2) is 0 Å². The fraction of sp³-hybridized carbons (Fsp3) is 0.889. The van der Waals surface area contributed by atoms with E-state index in [9.17, 15) is 15.0 Å². The molecule has 5 heteroatoms. The number of amides is 1. The summed E-state index contributed by atoms with van der Waals surface area (Å²) in [5.41, 5.74) is 0. The van der Waals surface area contributed by atoms with Crippen LogP contribution in [0.5, 0.6) is 0 Å². The molecule has 0 aromatic carbocycles. The number of hydrogen-bond acceptors (Lipinski definition) is 4. The van der Waals surface area contributed by atoms with Gasteiger partial charge in [-0.15, -0.1) is 0 Å². The molecule has 1 rings (SSSR count). The van der Waals surface area contributed by atoms with Crippen molar-refractivity contribution in [3.63, 3.8) is 0 Å². The summed E-state index contributed by atoms with van der Waals surface area (Å²) in [6, 6.07) is 0. The highest BCUT2D eigenvalue weighted by atomic mass is 16.3. The maximum Gasteiger partial charge on any atom is 0.224 e. The quantitative estimate of drug-likeness (QED) is 0.488. The Kier molecular flexibility index (Phi) is 4.31. The van der Waals surface area contributed by atoms with E-state index in [1.54, 1.807) is 0 Å². The Balaban J connectivity index is 2.25. The van der Waals surface area contributed by atoms with Crippen molar-refractivity contribution in [1.82, 2.24) is 10.2 Å². The smallest absolute Gasteiger partial charge is 0.224 e. The van der Waals surface area contributed by atoms with E-state index in [2.05, 4.69) is 5.32 Å². The molecule has 0 aromatic rings. The molecule has 1 heterocycles. The topological polar surface area (TPSA) is 72.8 Å². The third-order valence-corrected chi connectivity index (χ3v) is 2.38. The molecular weight excluding hydrogens is 184 g/mol. The highest BCUT2D eigenvalue weighted by Crippen LogP contribution is 2.10. The minimum Gasteiger partial charge on any atom is -0.388 e. The van der Waals surface area contributed by atoms with Crippen molar-refractivity contribution in [2.75, 3.05) is 26.2 Å². The first kappa shape index (κ1) is 11.4. The van der Waals surface area contributed by atoms with Gasteiger partial charge >= 0.3 is 0 Å². The molecule has 1 amide bonds. The molecule has 0 bridgehead atoms. The number of nitrogens with one attached hydrogen (secondary N) is 1. The lowest BCUT2D eigenvalue weighted by Crippen LogP contribution is -2.32. The molecule has 1 saturated heterocycles. The van der Waals surface area contributed by atoms with E-state index in [4.69, 9.17) is 0 Å². The zero-order valence-corrected chi connectivity index (χ0v) is 8.44. The van der Waals surface area contributed by atoms with E-state index in [1.165, 1.54) is 4.90 Å². The van der Waals surface area contributed by atoms with E-state index in [1.807, 2.05) is 6.92 Å². The van der Waals surface area contributed by atoms with Crippen molar-refractivity contribution < 1.29 is 15.0 Å². The van der Waals surface area contributed by atoms with E-state index >= 15 is 0 Å². The molecule has 0 aliphatic carbocycles. The lowest BCUT2D eigenvalue weighted by Gasteiger charge is -2.15. The fourth-order valence-corrected chi connectivity index (χ4v) is 1.50. The van der Waals surface area contributed by atoms with Crippen LogP contribution in [0.2, 0.25) is 0 Å². The number of carbonyl (C=O) groups excluding carboxylic acids is 1. The lowest BCUT2D eigenvalue weighted by atomic mass is 10.3. The number of likely N-dealkylation sites (tertiary alicyclic amines) is 1. The zero-order valence-electron chi connectivity index (χ0n) is 8.44. The second-order valence-electron chi connectivity index (χ2n) is 3.54. The minimum atomic E-state index is -0.780. The van der Waals surface area contributed by atoms with Gasteiger partial charge in [-0.3, -0.25) is 4.79 Å². The molecule has 5 nitrogen and oxygen atoms in total. The van der Waals surface area contributed by atoms with Crippen molar-refractivity contribution in [3.05, 3.63) is 0 Å². The largest absolute Gasteiger partial charge is 0.388 e. The molecule has 2 atom stereocenters. The van der Waals surface area contributed by atoms with Gasteiger partial charge in [0, 0.05) is 26.1 Å². The average molecular weight is 202 g/mol. The lowest BCUT2D eigenvalue weighted by molar-refractivity contribution is -0.130. The molecule has 1 aliphatic rings. The van der Waals surface area contributed by atoms with Crippen LogP contribution in [-0.4, -0.2) is 59.4 Å². The Morgan fingerprint density at radius 1 is 1.43 bits per heavy atom. The first-order chi connectivity index (χ1) is 6.65. The number of aliphatic hydroxyl groups is 2. The van der Waals surface area contributed by atoms with E-state index in [0.717, 1.165) is 6.54 Å². The third kappa shape index (κ3) is 2.94. The average Bonchev–Trinajstić information content (AvgIpc) is 2.47. The highest BCUT2D eigenvalue weighted by Gasteiger charge is 2.31. The van der Waals surface area contributed by atoms with Crippen molar-refractivity contribution >= 4 is 5.91 Å². The van der Waals surface area contributed by atoms with Crippen molar-refractivity contribution in [3.8, 4) is 0 Å². The molecule has 0 radical (unpaired) electrons. The van der Waals surface area contributed by atoms with Gasteiger partial charge in [0.15, 0.2) is 0 Å². The summed E-state index contributed by atoms with van der Waals surface area (Å²) in [6.07, 6.45) is -1.14. The predicted octanol–water partition coefficient (Wildman–Crippen LogP) is -1.45. The SMILES string of the molecule is CCNCCC(=O)N1CC(O)C(O)C1. The van der Waals surface area contributed by atoms with Gasteiger partial charge in [0.1, 0.15) is 0 Å². The zero-order chi connectivity index (χ0) is 10.6. The second kappa shape index (κ2) is 5.29. The van der Waals surface area contributed by atoms with Crippen LogP contribution >= 0.6 is 0 Å². The van der Waals surface area contributed by atoms with Gasteiger partial charge in [-0.1, -0.05) is 6.92 Å². The Morgan fingerprint density at radius 3 is 2.50 bits per heavy atom. The van der Waals surface area contributed by atoms with Gasteiger partial charge in [0.25, 0.3) is 0 Å². The van der Waals surface area contributed by atoms with Crippen LogP contribution in [-0.2, 0) is 4.79 Å². The van der Waals surface area contributed by atoms with E-state index < -0.39 is 12.2 Å². The highest BCUT2D eigenvalue weighted by molar-refractivity contribution is 5.76. The maximum absolute atomic E-state index is 11.5. The van der Waals surface area contributed by atoms with Gasteiger partial charge in [-0.2, -0.15) is 0 Å². The van der Waals surface area contributed by atoms with Gasteiger partial charge in [-0.25, -0.2) is 0 Å². The van der Waals surface area contributed by atoms with Gasteiger partial charge < -0.3 is 20.4 Å². The number of hydrogen-bond donors (Lipinski definition) is 3. The minimum absolute atomic E-state index is 0.0125. The summed E-state index contributed by atoms with van der Waals surface area (Å²) in [7, 11) is 0. The summed E-state index contributed by atoms with van der Waals surface area (Å²) in [4.78, 5) is 13.0. The summed E-state index contributed by atoms with van der Waals surface area (Å²) >= 11 is 0. The molecular formula is C9H18N2O3. The first-order valence-corrected chi connectivity index (χ1v) is 4.99. The predicted molar refractivity (Wildman–Crippen MR) is 51.8 cm³/mol. The van der Waals surface area contributed by atoms with Crippen molar-refractivity contribution in [2.24, 2.45) is 0 Å². The molecule has 14 heavy (non-hydrogen) atoms. The second-order valence-corrected chi connectivity index (χ2v) is 3.54. The van der Waals surface area contributed by atoms with Crippen molar-refractivity contribution in [1.29, 1.82) is 0 Å². The van der Waals surface area contributed by atoms with Crippen LogP contribution in [0.25, 0.3) is 0 Å². The Bertz CT molecular complexity index is 188. The van der Waals surface area contributed by atoms with Crippen LogP contribution in [0.3, 0.4) is 0 Å². The Hall–Kier alpha value is -0.650. The number of nitrogens with zero attached hydrogens (tertiary/aromatic N) is 1. The molecule has 1 fully saturated rings.